The highest BCUT2D eigenvalue weighted by Crippen LogP contribution is 2.51. The molecule has 0 fully saturated rings. The molecule has 1 aliphatic rings. The third kappa shape index (κ3) is 4.52. The van der Waals surface area contributed by atoms with Crippen molar-refractivity contribution in [2.75, 3.05) is 4.90 Å². The number of hydrogen-bond donors (Lipinski definition) is 0. The molecular weight excluding hydrogens is 611 g/mol. The lowest BCUT2D eigenvalue weighted by Gasteiger charge is -2.33. The van der Waals surface area contributed by atoms with Crippen molar-refractivity contribution in [1.82, 2.24) is 19.5 Å². The van der Waals surface area contributed by atoms with Gasteiger partial charge in [0.15, 0.2) is 17.5 Å². The molecule has 0 bridgehead atoms. The van der Waals surface area contributed by atoms with Crippen LogP contribution in [0.2, 0.25) is 0 Å². The van der Waals surface area contributed by atoms with Gasteiger partial charge in [0.2, 0.25) is 0 Å². The Kier molecular flexibility index (Phi) is 6.42. The summed E-state index contributed by atoms with van der Waals surface area (Å²) in [5.41, 5.74) is 11.9. The Hall–Kier alpha value is -6.85. The zero-order valence-electron chi connectivity index (χ0n) is 27.0. The fourth-order valence-electron chi connectivity index (χ4n) is 7.25. The molecule has 7 aromatic carbocycles. The predicted molar refractivity (Wildman–Crippen MR) is 204 cm³/mol. The second kappa shape index (κ2) is 11.4. The van der Waals surface area contributed by atoms with Crippen LogP contribution in [-0.4, -0.2) is 19.5 Å². The molecule has 10 rings (SSSR count). The summed E-state index contributed by atoms with van der Waals surface area (Å²) in [6, 6.07) is 61.5. The van der Waals surface area contributed by atoms with Crippen LogP contribution in [0.4, 0.5) is 17.1 Å². The summed E-state index contributed by atoms with van der Waals surface area (Å²) in [7, 11) is 0. The largest absolute Gasteiger partial charge is 0.306 e. The van der Waals surface area contributed by atoms with Crippen LogP contribution in [0.3, 0.4) is 0 Å². The van der Waals surface area contributed by atoms with E-state index >= 15 is 0 Å². The van der Waals surface area contributed by atoms with Crippen LogP contribution in [-0.2, 0) is 0 Å². The number of nitrogens with zero attached hydrogens (tertiary/aromatic N) is 5. The monoisotopic (exact) mass is 639 g/mol. The normalized spacial score (nSPS) is 12.0. The molecular formula is C45H29N5. The topological polar surface area (TPSA) is 46.8 Å². The first kappa shape index (κ1) is 28.2. The molecule has 5 nitrogen and oxygen atoms in total. The first-order chi connectivity index (χ1) is 24.8. The number of hydrogen-bond acceptors (Lipinski definition) is 4. The van der Waals surface area contributed by atoms with Crippen LogP contribution in [0.25, 0.3) is 72.8 Å². The summed E-state index contributed by atoms with van der Waals surface area (Å²) >= 11 is 0. The van der Waals surface area contributed by atoms with Gasteiger partial charge >= 0.3 is 0 Å². The highest BCUT2D eigenvalue weighted by atomic mass is 15.2. The Bertz CT molecular complexity index is 2630. The Balaban J connectivity index is 1.31. The molecule has 0 saturated heterocycles. The molecule has 0 radical (unpaired) electrons. The van der Waals surface area contributed by atoms with Crippen molar-refractivity contribution >= 4 is 38.9 Å². The zero-order chi connectivity index (χ0) is 33.0. The fourth-order valence-corrected chi connectivity index (χ4v) is 7.25. The average Bonchev–Trinajstić information content (AvgIpc) is 3.53. The van der Waals surface area contributed by atoms with Crippen LogP contribution >= 0.6 is 0 Å². The molecule has 0 aliphatic carbocycles. The maximum absolute atomic E-state index is 5.15. The van der Waals surface area contributed by atoms with E-state index < -0.39 is 0 Å². The fraction of sp³-hybridized carbons (Fsp3) is 0. The molecule has 0 atom stereocenters. The third-order valence-corrected chi connectivity index (χ3v) is 9.52. The summed E-state index contributed by atoms with van der Waals surface area (Å²) in [6.07, 6.45) is 0. The molecule has 2 aromatic heterocycles. The summed E-state index contributed by atoms with van der Waals surface area (Å²) in [5, 5.41) is 2.32. The van der Waals surface area contributed by atoms with Gasteiger partial charge in [-0.1, -0.05) is 127 Å². The SMILES string of the molecule is c1ccc(-c2ccc3c(c2)c2cc(-c4nc(-c5ccccc5)nc(-c5ccccc5)n4)cc4c2n3-c2ccccc2N4c2ccccc2)cc1. The summed E-state index contributed by atoms with van der Waals surface area (Å²) in [5.74, 6) is 1.91. The van der Waals surface area contributed by atoms with Gasteiger partial charge in [-0.2, -0.15) is 0 Å². The number of rotatable bonds is 5. The lowest BCUT2D eigenvalue weighted by atomic mass is 10.0. The minimum atomic E-state index is 0.628. The van der Waals surface area contributed by atoms with E-state index in [2.05, 4.69) is 125 Å². The van der Waals surface area contributed by atoms with E-state index in [4.69, 9.17) is 15.0 Å². The van der Waals surface area contributed by atoms with Crippen molar-refractivity contribution < 1.29 is 0 Å². The molecule has 9 aromatic rings. The number of benzene rings is 7. The molecule has 0 spiro atoms. The lowest BCUT2D eigenvalue weighted by molar-refractivity contribution is 1.07. The van der Waals surface area contributed by atoms with Gasteiger partial charge in [-0.15, -0.1) is 0 Å². The van der Waals surface area contributed by atoms with E-state index in [1.165, 1.54) is 16.5 Å². The van der Waals surface area contributed by atoms with Crippen LogP contribution in [0.15, 0.2) is 176 Å². The van der Waals surface area contributed by atoms with E-state index in [0.717, 1.165) is 55.9 Å². The van der Waals surface area contributed by atoms with Crippen molar-refractivity contribution in [3.05, 3.63) is 176 Å². The highest BCUT2D eigenvalue weighted by molar-refractivity contribution is 6.18. The van der Waals surface area contributed by atoms with E-state index in [1.807, 2.05) is 60.7 Å². The first-order valence-corrected chi connectivity index (χ1v) is 16.8. The Labute approximate surface area is 289 Å². The molecule has 234 valence electrons. The Morgan fingerprint density at radius 3 is 1.46 bits per heavy atom. The summed E-state index contributed by atoms with van der Waals surface area (Å²) < 4.78 is 2.42. The van der Waals surface area contributed by atoms with Crippen LogP contribution < -0.4 is 4.90 Å². The average molecular weight is 640 g/mol. The molecule has 0 N–H and O–H groups in total. The minimum absolute atomic E-state index is 0.628. The summed E-state index contributed by atoms with van der Waals surface area (Å²) in [6.45, 7) is 0. The standard InChI is InChI=1S/C45H29N5/c1-5-15-30(16-6-1)33-25-26-38-36(27-33)37-28-34(45-47-43(31-17-7-2-8-18-31)46-44(48-45)32-19-9-3-10-20-32)29-41-42(37)50(38)40-24-14-13-23-39(40)49(41)35-21-11-4-12-22-35/h1-29H. The number of anilines is 3. The maximum Gasteiger partial charge on any atom is 0.164 e. The van der Waals surface area contributed by atoms with Gasteiger partial charge in [0.1, 0.15) is 0 Å². The van der Waals surface area contributed by atoms with Gasteiger partial charge in [-0.25, -0.2) is 15.0 Å². The van der Waals surface area contributed by atoms with Gasteiger partial charge < -0.3 is 9.47 Å². The molecule has 0 saturated carbocycles. The second-order valence-electron chi connectivity index (χ2n) is 12.5. The molecule has 5 heteroatoms. The quantitative estimate of drug-likeness (QED) is 0.188. The minimum Gasteiger partial charge on any atom is -0.306 e. The van der Waals surface area contributed by atoms with Gasteiger partial charge in [-0.05, 0) is 59.7 Å². The van der Waals surface area contributed by atoms with Crippen molar-refractivity contribution in [3.63, 3.8) is 0 Å². The predicted octanol–water partition coefficient (Wildman–Crippen LogP) is 11.4. The maximum atomic E-state index is 5.15. The highest BCUT2D eigenvalue weighted by Gasteiger charge is 2.30. The van der Waals surface area contributed by atoms with Gasteiger partial charge in [0.05, 0.1) is 28.1 Å². The number of fused-ring (bicyclic) bond motifs is 5. The molecule has 50 heavy (non-hydrogen) atoms. The van der Waals surface area contributed by atoms with Crippen molar-refractivity contribution in [2.24, 2.45) is 0 Å². The van der Waals surface area contributed by atoms with E-state index in [0.29, 0.717) is 17.5 Å². The van der Waals surface area contributed by atoms with Gasteiger partial charge in [0, 0.05) is 33.2 Å². The molecule has 0 amide bonds. The first-order valence-electron chi connectivity index (χ1n) is 16.8. The molecule has 1 aliphatic heterocycles. The molecule has 0 unspecified atom stereocenters. The second-order valence-corrected chi connectivity index (χ2v) is 12.5. The smallest absolute Gasteiger partial charge is 0.164 e. The van der Waals surface area contributed by atoms with E-state index in [9.17, 15) is 0 Å². The van der Waals surface area contributed by atoms with E-state index in [1.54, 1.807) is 0 Å². The van der Waals surface area contributed by atoms with Crippen LogP contribution in [0.5, 0.6) is 0 Å². The van der Waals surface area contributed by atoms with Crippen molar-refractivity contribution in [1.29, 1.82) is 0 Å². The van der Waals surface area contributed by atoms with Crippen LogP contribution in [0, 0.1) is 0 Å². The van der Waals surface area contributed by atoms with Crippen molar-refractivity contribution in [2.45, 2.75) is 0 Å². The van der Waals surface area contributed by atoms with Gasteiger partial charge in [0.25, 0.3) is 0 Å². The van der Waals surface area contributed by atoms with Crippen molar-refractivity contribution in [3.8, 4) is 51.0 Å². The molecule has 3 heterocycles. The zero-order valence-corrected chi connectivity index (χ0v) is 27.0. The van der Waals surface area contributed by atoms with E-state index in [-0.39, 0.29) is 0 Å². The Morgan fingerprint density at radius 1 is 0.340 bits per heavy atom. The van der Waals surface area contributed by atoms with Crippen LogP contribution in [0.1, 0.15) is 0 Å². The Morgan fingerprint density at radius 2 is 0.840 bits per heavy atom. The number of para-hydroxylation sites is 3. The lowest BCUT2D eigenvalue weighted by Crippen LogP contribution is -2.18. The third-order valence-electron chi connectivity index (χ3n) is 9.52. The number of aromatic nitrogens is 4. The summed E-state index contributed by atoms with van der Waals surface area (Å²) in [4.78, 5) is 17.6. The van der Waals surface area contributed by atoms with Gasteiger partial charge in [-0.3, -0.25) is 0 Å².